The Balaban J connectivity index is 1.92. The van der Waals surface area contributed by atoms with Gasteiger partial charge in [0, 0.05) is 29.1 Å². The van der Waals surface area contributed by atoms with Gasteiger partial charge in [-0.05, 0) is 43.9 Å². The van der Waals surface area contributed by atoms with Gasteiger partial charge in [-0.3, -0.25) is 4.79 Å². The Kier molecular flexibility index (Phi) is 3.05. The average molecular weight is 256 g/mol. The highest BCUT2D eigenvalue weighted by Crippen LogP contribution is 2.29. The van der Waals surface area contributed by atoms with Gasteiger partial charge in [-0.25, -0.2) is 0 Å². The van der Waals surface area contributed by atoms with Gasteiger partial charge in [-0.1, -0.05) is 18.6 Å². The van der Waals surface area contributed by atoms with Gasteiger partial charge in [-0.15, -0.1) is 0 Å². The molecule has 1 aromatic carbocycles. The molecule has 1 aliphatic carbocycles. The largest absolute Gasteiger partial charge is 0.358 e. The lowest BCUT2D eigenvalue weighted by atomic mass is 9.91. The van der Waals surface area contributed by atoms with Crippen LogP contribution in [-0.4, -0.2) is 16.9 Å². The van der Waals surface area contributed by atoms with Gasteiger partial charge in [0.2, 0.25) is 5.91 Å². The Morgan fingerprint density at radius 1 is 1.47 bits per heavy atom. The van der Waals surface area contributed by atoms with Crippen molar-refractivity contribution in [1.82, 2.24) is 10.3 Å². The Morgan fingerprint density at radius 2 is 2.32 bits per heavy atom. The predicted molar refractivity (Wildman–Crippen MR) is 77.3 cm³/mol. The number of amides is 1. The molecule has 0 aliphatic heterocycles. The summed E-state index contributed by atoms with van der Waals surface area (Å²) in [6.45, 7) is 4.02. The van der Waals surface area contributed by atoms with Gasteiger partial charge in [0.25, 0.3) is 0 Å². The summed E-state index contributed by atoms with van der Waals surface area (Å²) in [6.07, 6.45) is 3.57. The lowest BCUT2D eigenvalue weighted by molar-refractivity contribution is -0.121. The zero-order valence-corrected chi connectivity index (χ0v) is 11.5. The zero-order valence-electron chi connectivity index (χ0n) is 11.5. The summed E-state index contributed by atoms with van der Waals surface area (Å²) in [7, 11) is 0. The van der Waals surface area contributed by atoms with Crippen molar-refractivity contribution >= 4 is 16.8 Å². The number of aryl methyl sites for hydroxylation is 2. The fourth-order valence-electron chi connectivity index (χ4n) is 2.98. The Hall–Kier alpha value is -1.77. The molecule has 0 bridgehead atoms. The van der Waals surface area contributed by atoms with Crippen LogP contribution in [0, 0.1) is 6.92 Å². The minimum Gasteiger partial charge on any atom is -0.358 e. The first kappa shape index (κ1) is 12.3. The normalized spacial score (nSPS) is 18.3. The minimum atomic E-state index is 0.157. The number of H-pyrrole nitrogens is 1. The third-order valence-corrected chi connectivity index (χ3v) is 4.03. The van der Waals surface area contributed by atoms with E-state index in [9.17, 15) is 4.79 Å². The van der Waals surface area contributed by atoms with Crippen LogP contribution in [0.2, 0.25) is 0 Å². The summed E-state index contributed by atoms with van der Waals surface area (Å²) in [4.78, 5) is 15.0. The lowest BCUT2D eigenvalue weighted by Gasteiger charge is -2.23. The van der Waals surface area contributed by atoms with Gasteiger partial charge >= 0.3 is 0 Å². The molecule has 1 amide bonds. The number of fused-ring (bicyclic) bond motifs is 3. The minimum absolute atomic E-state index is 0.157. The van der Waals surface area contributed by atoms with Gasteiger partial charge in [-0.2, -0.15) is 0 Å². The number of aromatic nitrogens is 1. The van der Waals surface area contributed by atoms with E-state index in [-0.39, 0.29) is 5.91 Å². The van der Waals surface area contributed by atoms with Gasteiger partial charge < -0.3 is 10.3 Å². The molecule has 1 aliphatic rings. The number of hydrogen-bond donors (Lipinski definition) is 2. The van der Waals surface area contributed by atoms with Crippen molar-refractivity contribution in [3.05, 3.63) is 35.0 Å². The molecule has 1 atom stereocenters. The zero-order chi connectivity index (χ0) is 13.4. The van der Waals surface area contributed by atoms with E-state index in [2.05, 4.69) is 35.4 Å². The van der Waals surface area contributed by atoms with Crippen LogP contribution in [0.5, 0.6) is 0 Å². The molecule has 0 radical (unpaired) electrons. The first-order valence-corrected chi connectivity index (χ1v) is 7.07. The van der Waals surface area contributed by atoms with Crippen molar-refractivity contribution in [2.24, 2.45) is 0 Å². The fraction of sp³-hybridized carbons (Fsp3) is 0.438. The van der Waals surface area contributed by atoms with Crippen LogP contribution < -0.4 is 5.32 Å². The SMILES string of the molecule is CCC(=O)NC1CCc2[nH]c3ccc(C)cc3c2C1. The standard InChI is InChI=1S/C16H20N2O/c1-3-16(19)17-11-5-7-15-13(9-11)12-8-10(2)4-6-14(12)18-15/h4,6,8,11,18H,3,5,7,9H2,1-2H3,(H,17,19). The van der Waals surface area contributed by atoms with Crippen LogP contribution in [-0.2, 0) is 17.6 Å². The number of hydrogen-bond acceptors (Lipinski definition) is 1. The van der Waals surface area contributed by atoms with Crippen LogP contribution in [0.1, 0.15) is 36.6 Å². The number of aromatic amines is 1. The van der Waals surface area contributed by atoms with Crippen LogP contribution in [0.4, 0.5) is 0 Å². The number of benzene rings is 1. The molecule has 100 valence electrons. The van der Waals surface area contributed by atoms with E-state index in [4.69, 9.17) is 0 Å². The van der Waals surface area contributed by atoms with Crippen molar-refractivity contribution < 1.29 is 4.79 Å². The molecule has 2 N–H and O–H groups in total. The van der Waals surface area contributed by atoms with E-state index < -0.39 is 0 Å². The quantitative estimate of drug-likeness (QED) is 0.852. The summed E-state index contributed by atoms with van der Waals surface area (Å²) in [6, 6.07) is 6.83. The molecule has 0 saturated heterocycles. The number of carbonyl (C=O) groups excluding carboxylic acids is 1. The smallest absolute Gasteiger partial charge is 0.219 e. The van der Waals surface area contributed by atoms with E-state index in [1.165, 1.54) is 27.7 Å². The molecule has 3 rings (SSSR count). The molecule has 0 saturated carbocycles. The highest BCUT2D eigenvalue weighted by Gasteiger charge is 2.23. The Morgan fingerprint density at radius 3 is 3.11 bits per heavy atom. The summed E-state index contributed by atoms with van der Waals surface area (Å²) in [5, 5.41) is 4.45. The highest BCUT2D eigenvalue weighted by atomic mass is 16.1. The molecule has 1 unspecified atom stereocenters. The maximum absolute atomic E-state index is 11.5. The number of nitrogens with one attached hydrogen (secondary N) is 2. The molecule has 1 heterocycles. The van der Waals surface area contributed by atoms with Gasteiger partial charge in [0.1, 0.15) is 0 Å². The summed E-state index contributed by atoms with van der Waals surface area (Å²) in [5.74, 6) is 0.157. The fourth-order valence-corrected chi connectivity index (χ4v) is 2.98. The summed E-state index contributed by atoms with van der Waals surface area (Å²) >= 11 is 0. The summed E-state index contributed by atoms with van der Waals surface area (Å²) in [5.41, 5.74) is 5.25. The van der Waals surface area contributed by atoms with Crippen molar-refractivity contribution in [2.75, 3.05) is 0 Å². The molecule has 0 fully saturated rings. The number of carbonyl (C=O) groups is 1. The third kappa shape index (κ3) is 2.25. The lowest BCUT2D eigenvalue weighted by Crippen LogP contribution is -2.38. The first-order chi connectivity index (χ1) is 9.17. The maximum Gasteiger partial charge on any atom is 0.219 e. The molecular weight excluding hydrogens is 236 g/mol. The second-order valence-corrected chi connectivity index (χ2v) is 5.49. The summed E-state index contributed by atoms with van der Waals surface area (Å²) < 4.78 is 0. The molecule has 2 aromatic rings. The average Bonchev–Trinajstić information content (AvgIpc) is 2.76. The van der Waals surface area contributed by atoms with E-state index in [0.29, 0.717) is 12.5 Å². The van der Waals surface area contributed by atoms with E-state index >= 15 is 0 Å². The Labute approximate surface area is 113 Å². The van der Waals surface area contributed by atoms with Crippen LogP contribution in [0.3, 0.4) is 0 Å². The second-order valence-electron chi connectivity index (χ2n) is 5.49. The van der Waals surface area contributed by atoms with Crippen molar-refractivity contribution in [2.45, 2.75) is 45.6 Å². The van der Waals surface area contributed by atoms with E-state index in [0.717, 1.165) is 19.3 Å². The molecule has 3 nitrogen and oxygen atoms in total. The predicted octanol–water partition coefficient (Wildman–Crippen LogP) is 2.86. The molecule has 1 aromatic heterocycles. The molecule has 3 heteroatoms. The highest BCUT2D eigenvalue weighted by molar-refractivity contribution is 5.86. The second kappa shape index (κ2) is 4.72. The topological polar surface area (TPSA) is 44.9 Å². The van der Waals surface area contributed by atoms with Crippen LogP contribution >= 0.6 is 0 Å². The Bertz CT molecular complexity index is 627. The number of rotatable bonds is 2. The van der Waals surface area contributed by atoms with Crippen molar-refractivity contribution in [1.29, 1.82) is 0 Å². The van der Waals surface area contributed by atoms with Gasteiger partial charge in [0.05, 0.1) is 0 Å². The van der Waals surface area contributed by atoms with Gasteiger partial charge in [0.15, 0.2) is 0 Å². The van der Waals surface area contributed by atoms with Crippen LogP contribution in [0.15, 0.2) is 18.2 Å². The van der Waals surface area contributed by atoms with Crippen molar-refractivity contribution in [3.63, 3.8) is 0 Å². The monoisotopic (exact) mass is 256 g/mol. The molecule has 0 spiro atoms. The third-order valence-electron chi connectivity index (χ3n) is 4.03. The molecular formula is C16H20N2O. The molecule has 19 heavy (non-hydrogen) atoms. The van der Waals surface area contributed by atoms with Crippen molar-refractivity contribution in [3.8, 4) is 0 Å². The maximum atomic E-state index is 11.5. The first-order valence-electron chi connectivity index (χ1n) is 7.07. The van der Waals surface area contributed by atoms with E-state index in [1.807, 2.05) is 6.92 Å². The van der Waals surface area contributed by atoms with Crippen LogP contribution in [0.25, 0.3) is 10.9 Å². The van der Waals surface area contributed by atoms with E-state index in [1.54, 1.807) is 0 Å².